The van der Waals surface area contributed by atoms with Crippen molar-refractivity contribution in [1.82, 2.24) is 4.90 Å². The van der Waals surface area contributed by atoms with E-state index in [0.29, 0.717) is 13.2 Å². The number of carbonyl (C=O) groups is 1. The summed E-state index contributed by atoms with van der Waals surface area (Å²) in [4.78, 5) is 16.5. The van der Waals surface area contributed by atoms with E-state index < -0.39 is 0 Å². The van der Waals surface area contributed by atoms with Crippen LogP contribution in [0.4, 0.5) is 0 Å². The highest BCUT2D eigenvalue weighted by Gasteiger charge is 2.45. The van der Waals surface area contributed by atoms with Gasteiger partial charge >= 0.3 is 0 Å². The van der Waals surface area contributed by atoms with Crippen molar-refractivity contribution in [2.45, 2.75) is 50.2 Å². The standard InChI is InChI=1S/C21H25NO2S/c1-22(14-18-13-16-7-2-3-8-17(16)15-24-18)20(23)21(10-4-5-11-21)19-9-6-12-25-19/h2-3,6-9,12,18H,4-5,10-11,13-15H2,1H3. The molecule has 1 aliphatic carbocycles. The first kappa shape index (κ1) is 16.8. The molecule has 3 nitrogen and oxygen atoms in total. The minimum Gasteiger partial charge on any atom is -0.371 e. The maximum atomic E-state index is 13.4. The second kappa shape index (κ2) is 6.93. The molecular weight excluding hydrogens is 330 g/mol. The van der Waals surface area contributed by atoms with Crippen LogP contribution in [0.3, 0.4) is 0 Å². The topological polar surface area (TPSA) is 29.5 Å². The van der Waals surface area contributed by atoms with Crippen molar-refractivity contribution >= 4 is 17.2 Å². The average Bonchev–Trinajstić information content (AvgIpc) is 3.33. The van der Waals surface area contributed by atoms with Crippen LogP contribution in [-0.2, 0) is 28.0 Å². The Bertz CT molecular complexity index is 734. The van der Waals surface area contributed by atoms with Crippen LogP contribution in [0.2, 0.25) is 0 Å². The Balaban J connectivity index is 1.47. The lowest BCUT2D eigenvalue weighted by Crippen LogP contribution is -2.47. The number of hydrogen-bond acceptors (Lipinski definition) is 3. The maximum absolute atomic E-state index is 13.4. The van der Waals surface area contributed by atoms with E-state index in [1.54, 1.807) is 11.3 Å². The van der Waals surface area contributed by atoms with Gasteiger partial charge in [-0.15, -0.1) is 11.3 Å². The zero-order valence-electron chi connectivity index (χ0n) is 14.7. The molecule has 1 atom stereocenters. The number of thiophene rings is 1. The zero-order chi connectivity index (χ0) is 17.3. The number of amides is 1. The zero-order valence-corrected chi connectivity index (χ0v) is 15.6. The molecule has 1 saturated carbocycles. The van der Waals surface area contributed by atoms with E-state index in [2.05, 4.69) is 41.8 Å². The van der Waals surface area contributed by atoms with Gasteiger partial charge < -0.3 is 9.64 Å². The van der Waals surface area contributed by atoms with Crippen molar-refractivity contribution in [2.75, 3.05) is 13.6 Å². The molecule has 1 unspecified atom stereocenters. The van der Waals surface area contributed by atoms with Gasteiger partial charge in [-0.2, -0.15) is 0 Å². The van der Waals surface area contributed by atoms with Gasteiger partial charge in [0.2, 0.25) is 5.91 Å². The molecule has 4 heteroatoms. The van der Waals surface area contributed by atoms with E-state index in [4.69, 9.17) is 4.74 Å². The summed E-state index contributed by atoms with van der Waals surface area (Å²) in [6.45, 7) is 1.32. The summed E-state index contributed by atoms with van der Waals surface area (Å²) >= 11 is 1.72. The molecule has 1 aliphatic heterocycles. The first-order chi connectivity index (χ1) is 12.2. The second-order valence-corrected chi connectivity index (χ2v) is 8.31. The number of benzene rings is 1. The molecule has 0 radical (unpaired) electrons. The van der Waals surface area contributed by atoms with Gasteiger partial charge in [0.05, 0.1) is 18.1 Å². The summed E-state index contributed by atoms with van der Waals surface area (Å²) in [6.07, 6.45) is 5.22. The Kier molecular flexibility index (Phi) is 4.65. The Labute approximate surface area is 153 Å². The summed E-state index contributed by atoms with van der Waals surface area (Å²) < 4.78 is 6.02. The Morgan fingerprint density at radius 1 is 1.20 bits per heavy atom. The minimum absolute atomic E-state index is 0.0886. The van der Waals surface area contributed by atoms with E-state index in [1.807, 2.05) is 11.9 Å². The van der Waals surface area contributed by atoms with E-state index in [1.165, 1.54) is 16.0 Å². The molecule has 25 heavy (non-hydrogen) atoms. The number of likely N-dealkylation sites (N-methyl/N-ethyl adjacent to an activating group) is 1. The number of fused-ring (bicyclic) bond motifs is 1. The van der Waals surface area contributed by atoms with Crippen LogP contribution in [0.15, 0.2) is 41.8 Å². The molecule has 1 amide bonds. The van der Waals surface area contributed by atoms with Gasteiger partial charge in [0, 0.05) is 24.9 Å². The van der Waals surface area contributed by atoms with E-state index >= 15 is 0 Å². The van der Waals surface area contributed by atoms with Crippen molar-refractivity contribution in [1.29, 1.82) is 0 Å². The summed E-state index contributed by atoms with van der Waals surface area (Å²) in [5.74, 6) is 0.273. The third-order valence-electron chi connectivity index (χ3n) is 5.72. The Morgan fingerprint density at radius 2 is 1.96 bits per heavy atom. The first-order valence-electron chi connectivity index (χ1n) is 9.17. The fraction of sp³-hybridized carbons (Fsp3) is 0.476. The van der Waals surface area contributed by atoms with Crippen LogP contribution in [0.5, 0.6) is 0 Å². The molecule has 2 aromatic rings. The summed E-state index contributed by atoms with van der Waals surface area (Å²) in [5, 5.41) is 2.09. The van der Waals surface area contributed by atoms with Gasteiger partial charge in [0.25, 0.3) is 0 Å². The molecule has 2 aliphatic rings. The number of nitrogens with zero attached hydrogens (tertiary/aromatic N) is 1. The fourth-order valence-electron chi connectivity index (χ4n) is 4.38. The molecule has 1 aromatic heterocycles. The lowest BCUT2D eigenvalue weighted by atomic mass is 9.82. The molecule has 0 bridgehead atoms. The molecule has 1 fully saturated rings. The van der Waals surface area contributed by atoms with Crippen LogP contribution in [0, 0.1) is 0 Å². The third kappa shape index (κ3) is 3.13. The van der Waals surface area contributed by atoms with Crippen molar-refractivity contribution in [3.8, 4) is 0 Å². The Hall–Kier alpha value is -1.65. The van der Waals surface area contributed by atoms with Crippen LogP contribution in [0.1, 0.15) is 41.7 Å². The fourth-order valence-corrected chi connectivity index (χ4v) is 5.35. The Morgan fingerprint density at radius 3 is 2.68 bits per heavy atom. The summed E-state index contributed by atoms with van der Waals surface area (Å²) in [6, 6.07) is 12.6. The first-order valence-corrected chi connectivity index (χ1v) is 10.0. The van der Waals surface area contributed by atoms with Gasteiger partial charge in [-0.3, -0.25) is 4.79 Å². The molecule has 0 saturated heterocycles. The van der Waals surface area contributed by atoms with Crippen LogP contribution >= 0.6 is 11.3 Å². The molecule has 4 rings (SSSR count). The quantitative estimate of drug-likeness (QED) is 0.824. The van der Waals surface area contributed by atoms with Gasteiger partial charge in [-0.05, 0) is 35.4 Å². The molecule has 0 spiro atoms. The minimum atomic E-state index is -0.296. The average molecular weight is 356 g/mol. The highest BCUT2D eigenvalue weighted by atomic mass is 32.1. The van der Waals surface area contributed by atoms with Gasteiger partial charge in [-0.25, -0.2) is 0 Å². The molecule has 132 valence electrons. The van der Waals surface area contributed by atoms with Crippen LogP contribution in [-0.4, -0.2) is 30.5 Å². The molecule has 1 aromatic carbocycles. The highest BCUT2D eigenvalue weighted by molar-refractivity contribution is 7.10. The third-order valence-corrected chi connectivity index (χ3v) is 6.80. The van der Waals surface area contributed by atoms with Crippen LogP contribution < -0.4 is 0 Å². The van der Waals surface area contributed by atoms with Crippen molar-refractivity contribution < 1.29 is 9.53 Å². The normalized spacial score (nSPS) is 21.7. The maximum Gasteiger partial charge on any atom is 0.233 e. The monoisotopic (exact) mass is 355 g/mol. The van der Waals surface area contributed by atoms with Crippen molar-refractivity contribution in [3.63, 3.8) is 0 Å². The summed E-state index contributed by atoms with van der Waals surface area (Å²) in [5.41, 5.74) is 2.34. The van der Waals surface area contributed by atoms with Crippen LogP contribution in [0.25, 0.3) is 0 Å². The number of carbonyl (C=O) groups excluding carboxylic acids is 1. The van der Waals surface area contributed by atoms with Gasteiger partial charge in [-0.1, -0.05) is 43.2 Å². The summed E-state index contributed by atoms with van der Waals surface area (Å²) in [7, 11) is 1.94. The highest BCUT2D eigenvalue weighted by Crippen LogP contribution is 2.44. The second-order valence-electron chi connectivity index (χ2n) is 7.36. The SMILES string of the molecule is CN(CC1Cc2ccccc2CO1)C(=O)C1(c2cccs2)CCCC1. The predicted octanol–water partition coefficient (Wildman–Crippen LogP) is 4.16. The van der Waals surface area contributed by atoms with E-state index in [9.17, 15) is 4.79 Å². The molecular formula is C21H25NO2S. The largest absolute Gasteiger partial charge is 0.371 e. The van der Waals surface area contributed by atoms with Crippen molar-refractivity contribution in [3.05, 3.63) is 57.8 Å². The van der Waals surface area contributed by atoms with Gasteiger partial charge in [0.1, 0.15) is 0 Å². The van der Waals surface area contributed by atoms with Crippen molar-refractivity contribution in [2.24, 2.45) is 0 Å². The predicted molar refractivity (Wildman–Crippen MR) is 101 cm³/mol. The lowest BCUT2D eigenvalue weighted by molar-refractivity contribution is -0.138. The molecule has 0 N–H and O–H groups in total. The number of rotatable bonds is 4. The number of hydrogen-bond donors (Lipinski definition) is 0. The molecule has 2 heterocycles. The lowest BCUT2D eigenvalue weighted by Gasteiger charge is -2.35. The van der Waals surface area contributed by atoms with E-state index in [-0.39, 0.29) is 17.4 Å². The smallest absolute Gasteiger partial charge is 0.233 e. The number of ether oxygens (including phenoxy) is 1. The van der Waals surface area contributed by atoms with Gasteiger partial charge in [0.15, 0.2) is 0 Å². The van der Waals surface area contributed by atoms with E-state index in [0.717, 1.165) is 32.1 Å².